The summed E-state index contributed by atoms with van der Waals surface area (Å²) in [5.74, 6) is 1.45. The van der Waals surface area contributed by atoms with E-state index in [0.29, 0.717) is 24.6 Å². The molecule has 1 aromatic rings. The molecule has 21 heavy (non-hydrogen) atoms. The Kier molecular flexibility index (Phi) is 5.79. The Labute approximate surface area is 128 Å². The molecule has 118 valence electrons. The predicted octanol–water partition coefficient (Wildman–Crippen LogP) is 2.54. The first-order chi connectivity index (χ1) is 10.1. The Balaban J connectivity index is 2.16. The molecule has 5 nitrogen and oxygen atoms in total. The van der Waals surface area contributed by atoms with Crippen LogP contribution in [-0.2, 0) is 0 Å². The van der Waals surface area contributed by atoms with E-state index in [1.54, 1.807) is 0 Å². The molecule has 1 N–H and O–H groups in total. The highest BCUT2D eigenvalue weighted by atomic mass is 16.5. The number of nitrogens with one attached hydrogen (secondary N) is 1. The van der Waals surface area contributed by atoms with Gasteiger partial charge in [-0.05, 0) is 47.1 Å². The molecule has 0 radical (unpaired) electrons. The standard InChI is InChI=1S/C16H28N4O/c1-5-21-15-10-13(4)18-16(19-15)20(12(2)3)11-14-8-6-7-9-17-14/h10,12,14,17H,5-9,11H2,1-4H3. The number of hydrogen-bond donors (Lipinski definition) is 1. The van der Waals surface area contributed by atoms with Gasteiger partial charge in [0.05, 0.1) is 6.61 Å². The minimum Gasteiger partial charge on any atom is -0.478 e. The monoisotopic (exact) mass is 292 g/mol. The minimum absolute atomic E-state index is 0.366. The summed E-state index contributed by atoms with van der Waals surface area (Å²) in [4.78, 5) is 11.5. The Bertz CT molecular complexity index is 444. The summed E-state index contributed by atoms with van der Waals surface area (Å²) < 4.78 is 5.55. The van der Waals surface area contributed by atoms with Crippen molar-refractivity contribution >= 4 is 5.95 Å². The van der Waals surface area contributed by atoms with Gasteiger partial charge in [0, 0.05) is 30.4 Å². The van der Waals surface area contributed by atoms with Crippen molar-refractivity contribution in [2.24, 2.45) is 0 Å². The third-order valence-corrected chi connectivity index (χ3v) is 3.82. The molecule has 1 atom stereocenters. The van der Waals surface area contributed by atoms with Crippen molar-refractivity contribution in [3.05, 3.63) is 11.8 Å². The molecule has 1 saturated heterocycles. The maximum atomic E-state index is 5.55. The molecule has 0 aliphatic carbocycles. The van der Waals surface area contributed by atoms with E-state index in [0.717, 1.165) is 24.7 Å². The van der Waals surface area contributed by atoms with Crippen LogP contribution in [0.5, 0.6) is 5.88 Å². The third-order valence-electron chi connectivity index (χ3n) is 3.82. The van der Waals surface area contributed by atoms with Crippen LogP contribution in [-0.4, -0.2) is 41.7 Å². The lowest BCUT2D eigenvalue weighted by Gasteiger charge is -2.33. The first-order valence-corrected chi connectivity index (χ1v) is 8.08. The molecule has 2 heterocycles. The van der Waals surface area contributed by atoms with Gasteiger partial charge in [-0.1, -0.05) is 6.42 Å². The minimum atomic E-state index is 0.366. The topological polar surface area (TPSA) is 50.3 Å². The fourth-order valence-corrected chi connectivity index (χ4v) is 2.72. The number of aromatic nitrogens is 2. The van der Waals surface area contributed by atoms with Gasteiger partial charge in [-0.25, -0.2) is 4.98 Å². The molecule has 0 spiro atoms. The van der Waals surface area contributed by atoms with Crippen LogP contribution in [0.2, 0.25) is 0 Å². The number of ether oxygens (including phenoxy) is 1. The van der Waals surface area contributed by atoms with Crippen molar-refractivity contribution in [3.63, 3.8) is 0 Å². The molecule has 0 bridgehead atoms. The second-order valence-electron chi connectivity index (χ2n) is 5.97. The Morgan fingerprint density at radius 3 is 2.81 bits per heavy atom. The summed E-state index contributed by atoms with van der Waals surface area (Å²) in [6.07, 6.45) is 3.82. The summed E-state index contributed by atoms with van der Waals surface area (Å²) in [5.41, 5.74) is 0.950. The molecule has 1 aliphatic heterocycles. The second kappa shape index (κ2) is 7.59. The van der Waals surface area contributed by atoms with Crippen molar-refractivity contribution < 1.29 is 4.74 Å². The summed E-state index contributed by atoms with van der Waals surface area (Å²) in [6, 6.07) is 2.79. The van der Waals surface area contributed by atoms with E-state index in [1.165, 1.54) is 19.3 Å². The van der Waals surface area contributed by atoms with Gasteiger partial charge in [-0.2, -0.15) is 4.98 Å². The number of aryl methyl sites for hydroxylation is 1. The predicted molar refractivity (Wildman–Crippen MR) is 86.1 cm³/mol. The molecule has 0 saturated carbocycles. The van der Waals surface area contributed by atoms with Gasteiger partial charge < -0.3 is 15.0 Å². The van der Waals surface area contributed by atoms with E-state index in [1.807, 2.05) is 19.9 Å². The van der Waals surface area contributed by atoms with Gasteiger partial charge in [0.25, 0.3) is 0 Å². The van der Waals surface area contributed by atoms with Crippen molar-refractivity contribution in [3.8, 4) is 5.88 Å². The largest absolute Gasteiger partial charge is 0.478 e. The number of rotatable bonds is 6. The summed E-state index contributed by atoms with van der Waals surface area (Å²) >= 11 is 0. The molecule has 1 aromatic heterocycles. The fraction of sp³-hybridized carbons (Fsp3) is 0.750. The van der Waals surface area contributed by atoms with Crippen LogP contribution in [0, 0.1) is 6.92 Å². The van der Waals surface area contributed by atoms with E-state index in [9.17, 15) is 0 Å². The lowest BCUT2D eigenvalue weighted by Crippen LogP contribution is -2.46. The van der Waals surface area contributed by atoms with E-state index in [2.05, 4.69) is 34.0 Å². The molecule has 0 amide bonds. The van der Waals surface area contributed by atoms with Gasteiger partial charge in [0.1, 0.15) is 0 Å². The van der Waals surface area contributed by atoms with Crippen molar-refractivity contribution in [2.45, 2.75) is 59.0 Å². The van der Waals surface area contributed by atoms with E-state index in [-0.39, 0.29) is 0 Å². The van der Waals surface area contributed by atoms with Gasteiger partial charge in [0.15, 0.2) is 0 Å². The zero-order valence-electron chi connectivity index (χ0n) is 13.7. The molecule has 1 aliphatic rings. The Morgan fingerprint density at radius 1 is 1.38 bits per heavy atom. The lowest BCUT2D eigenvalue weighted by molar-refractivity contribution is 0.325. The number of anilines is 1. The average molecular weight is 292 g/mol. The molecule has 0 aromatic carbocycles. The summed E-state index contributed by atoms with van der Waals surface area (Å²) in [6.45, 7) is 11.0. The molecule has 5 heteroatoms. The summed E-state index contributed by atoms with van der Waals surface area (Å²) in [7, 11) is 0. The van der Waals surface area contributed by atoms with Crippen LogP contribution in [0.4, 0.5) is 5.95 Å². The zero-order chi connectivity index (χ0) is 15.2. The first kappa shape index (κ1) is 16.0. The Morgan fingerprint density at radius 2 is 2.19 bits per heavy atom. The maximum Gasteiger partial charge on any atom is 0.229 e. The van der Waals surface area contributed by atoms with Crippen molar-refractivity contribution in [1.29, 1.82) is 0 Å². The summed E-state index contributed by atoms with van der Waals surface area (Å²) in [5, 5.41) is 3.60. The quantitative estimate of drug-likeness (QED) is 0.873. The van der Waals surface area contributed by atoms with Crippen LogP contribution >= 0.6 is 0 Å². The first-order valence-electron chi connectivity index (χ1n) is 8.08. The Hall–Kier alpha value is -1.36. The van der Waals surface area contributed by atoms with Gasteiger partial charge in [0.2, 0.25) is 11.8 Å². The highest BCUT2D eigenvalue weighted by Crippen LogP contribution is 2.19. The molecular weight excluding hydrogens is 264 g/mol. The van der Waals surface area contributed by atoms with Crippen molar-refractivity contribution in [2.75, 3.05) is 24.6 Å². The van der Waals surface area contributed by atoms with Crippen molar-refractivity contribution in [1.82, 2.24) is 15.3 Å². The molecular formula is C16H28N4O. The van der Waals surface area contributed by atoms with E-state index >= 15 is 0 Å². The van der Waals surface area contributed by atoms with Crippen LogP contribution in [0.3, 0.4) is 0 Å². The number of hydrogen-bond acceptors (Lipinski definition) is 5. The highest BCUT2D eigenvalue weighted by Gasteiger charge is 2.21. The van der Waals surface area contributed by atoms with Gasteiger partial charge >= 0.3 is 0 Å². The molecule has 2 rings (SSSR count). The lowest BCUT2D eigenvalue weighted by atomic mass is 10.0. The van der Waals surface area contributed by atoms with Crippen LogP contribution in [0.25, 0.3) is 0 Å². The van der Waals surface area contributed by atoms with E-state index < -0.39 is 0 Å². The average Bonchev–Trinajstić information content (AvgIpc) is 2.45. The zero-order valence-corrected chi connectivity index (χ0v) is 13.7. The molecule has 1 unspecified atom stereocenters. The second-order valence-corrected chi connectivity index (χ2v) is 5.97. The number of nitrogens with zero attached hydrogens (tertiary/aromatic N) is 3. The smallest absolute Gasteiger partial charge is 0.229 e. The van der Waals surface area contributed by atoms with Crippen LogP contribution < -0.4 is 15.0 Å². The van der Waals surface area contributed by atoms with Crippen LogP contribution in [0.1, 0.15) is 45.7 Å². The number of piperidine rings is 1. The highest BCUT2D eigenvalue weighted by molar-refractivity contribution is 5.35. The van der Waals surface area contributed by atoms with Gasteiger partial charge in [-0.15, -0.1) is 0 Å². The van der Waals surface area contributed by atoms with Crippen LogP contribution in [0.15, 0.2) is 6.07 Å². The van der Waals surface area contributed by atoms with Gasteiger partial charge in [-0.3, -0.25) is 0 Å². The molecule has 1 fully saturated rings. The SMILES string of the molecule is CCOc1cc(C)nc(N(CC2CCCCN2)C(C)C)n1. The third kappa shape index (κ3) is 4.56. The normalized spacial score (nSPS) is 18.8. The maximum absolute atomic E-state index is 5.55. The van der Waals surface area contributed by atoms with E-state index in [4.69, 9.17) is 4.74 Å². The fourth-order valence-electron chi connectivity index (χ4n) is 2.72.